The van der Waals surface area contributed by atoms with Crippen LogP contribution in [0.5, 0.6) is 0 Å². The van der Waals surface area contributed by atoms with Crippen LogP contribution in [-0.2, 0) is 15.7 Å². The van der Waals surface area contributed by atoms with Crippen LogP contribution < -0.4 is 0 Å². The van der Waals surface area contributed by atoms with E-state index in [-0.39, 0.29) is 5.37 Å². The third kappa shape index (κ3) is 2.42. The van der Waals surface area contributed by atoms with Gasteiger partial charge in [-0.3, -0.25) is 4.90 Å². The molecule has 1 fully saturated rings. The highest BCUT2D eigenvalue weighted by Gasteiger charge is 2.25. The predicted molar refractivity (Wildman–Crippen MR) is 79.7 cm³/mol. The molecule has 1 aliphatic heterocycles. The normalized spacial score (nSPS) is 19.8. The number of ether oxygens (including phenoxy) is 1. The average Bonchev–Trinajstić information content (AvgIpc) is 2.93. The van der Waals surface area contributed by atoms with Crippen LogP contribution in [0.4, 0.5) is 0 Å². The average molecular weight is 291 g/mol. The minimum absolute atomic E-state index is 0.225. The van der Waals surface area contributed by atoms with Crippen LogP contribution in [0.25, 0.3) is 11.0 Å². The Labute approximate surface area is 120 Å². The van der Waals surface area contributed by atoms with Crippen molar-refractivity contribution in [1.29, 1.82) is 0 Å². The summed E-state index contributed by atoms with van der Waals surface area (Å²) >= 11 is 0. The fourth-order valence-electron chi connectivity index (χ4n) is 2.39. The van der Waals surface area contributed by atoms with Crippen LogP contribution in [0.2, 0.25) is 0 Å². The summed E-state index contributed by atoms with van der Waals surface area (Å²) in [5, 5.41) is -0.225. The number of morpholine rings is 1. The summed E-state index contributed by atoms with van der Waals surface area (Å²) in [5.41, 5.74) is 1.73. The molecule has 6 heteroatoms. The van der Waals surface area contributed by atoms with Crippen LogP contribution >= 0.6 is 0 Å². The van der Waals surface area contributed by atoms with E-state index in [9.17, 15) is 4.21 Å². The quantitative estimate of drug-likeness (QED) is 0.799. The Balaban J connectivity index is 1.91. The van der Waals surface area contributed by atoms with E-state index in [0.29, 0.717) is 13.2 Å². The van der Waals surface area contributed by atoms with E-state index < -0.39 is 11.0 Å². The lowest BCUT2D eigenvalue weighted by molar-refractivity contribution is 0.0380. The van der Waals surface area contributed by atoms with Crippen molar-refractivity contribution in [3.63, 3.8) is 0 Å². The second-order valence-electron chi connectivity index (χ2n) is 4.61. The molecule has 5 nitrogen and oxygen atoms in total. The molecule has 1 aliphatic rings. The third-order valence-corrected chi connectivity index (χ3v) is 5.01. The first-order chi connectivity index (χ1) is 9.81. The zero-order valence-electron chi connectivity index (χ0n) is 11.1. The minimum atomic E-state index is -1.26. The molecule has 1 aromatic carbocycles. The molecule has 3 rings (SSSR count). The summed E-state index contributed by atoms with van der Waals surface area (Å²) in [6.07, 6.45) is 3.38. The Morgan fingerprint density at radius 1 is 1.35 bits per heavy atom. The molecule has 0 saturated carbocycles. The highest BCUT2D eigenvalue weighted by Crippen LogP contribution is 2.17. The molecule has 0 N–H and O–H groups in total. The molecule has 106 valence electrons. The third-order valence-electron chi connectivity index (χ3n) is 3.43. The van der Waals surface area contributed by atoms with Gasteiger partial charge in [0.15, 0.2) is 0 Å². The van der Waals surface area contributed by atoms with Gasteiger partial charge in [0, 0.05) is 13.1 Å². The van der Waals surface area contributed by atoms with Gasteiger partial charge in [0.05, 0.1) is 24.2 Å². The van der Waals surface area contributed by atoms with Crippen LogP contribution in [0.1, 0.15) is 0 Å². The Bertz CT molecular complexity index is 634. The fourth-order valence-corrected chi connectivity index (χ4v) is 3.74. The van der Waals surface area contributed by atoms with Crippen LogP contribution in [0.3, 0.4) is 0 Å². The van der Waals surface area contributed by atoms with Crippen molar-refractivity contribution in [3.05, 3.63) is 43.2 Å². The van der Waals surface area contributed by atoms with Gasteiger partial charge in [0.25, 0.3) is 0 Å². The first kappa shape index (κ1) is 13.5. The van der Waals surface area contributed by atoms with Gasteiger partial charge in [0.1, 0.15) is 22.7 Å². The van der Waals surface area contributed by atoms with Gasteiger partial charge in [0.2, 0.25) is 0 Å². The maximum atomic E-state index is 12.8. The number of rotatable bonds is 4. The number of hydrogen-bond acceptors (Lipinski definition) is 4. The zero-order valence-corrected chi connectivity index (χ0v) is 12.0. The number of benzene rings is 1. The van der Waals surface area contributed by atoms with Gasteiger partial charge in [-0.2, -0.15) is 0 Å². The topological polar surface area (TPSA) is 47.4 Å². The fraction of sp³-hybridized carbons (Fsp3) is 0.357. The first-order valence-corrected chi connectivity index (χ1v) is 7.76. The minimum Gasteiger partial charge on any atom is -0.379 e. The molecule has 1 aromatic heterocycles. The lowest BCUT2D eigenvalue weighted by atomic mass is 10.3. The summed E-state index contributed by atoms with van der Waals surface area (Å²) in [5.74, 6) is 0. The molecule has 2 unspecified atom stereocenters. The smallest absolute Gasteiger partial charge is 0.147 e. The van der Waals surface area contributed by atoms with Crippen molar-refractivity contribution in [2.24, 2.45) is 0 Å². The number of nitrogens with zero attached hydrogens (tertiary/aromatic N) is 3. The predicted octanol–water partition coefficient (Wildman–Crippen LogP) is 1.39. The summed E-state index contributed by atoms with van der Waals surface area (Å²) in [6.45, 7) is 6.73. The Morgan fingerprint density at radius 2 is 2.10 bits per heavy atom. The summed E-state index contributed by atoms with van der Waals surface area (Å²) in [6, 6.07) is 7.70. The molecular formula is C14H17N3O2S. The van der Waals surface area contributed by atoms with Gasteiger partial charge < -0.3 is 4.74 Å². The monoisotopic (exact) mass is 291 g/mol. The van der Waals surface area contributed by atoms with Crippen LogP contribution in [0.15, 0.2) is 43.2 Å². The molecule has 0 spiro atoms. The molecule has 2 aromatic rings. The van der Waals surface area contributed by atoms with E-state index in [4.69, 9.17) is 4.74 Å². The lowest BCUT2D eigenvalue weighted by Gasteiger charge is -2.31. The van der Waals surface area contributed by atoms with Crippen LogP contribution in [-0.4, -0.2) is 49.7 Å². The molecule has 0 radical (unpaired) electrons. The van der Waals surface area contributed by atoms with Crippen molar-refractivity contribution >= 4 is 22.0 Å². The summed E-state index contributed by atoms with van der Waals surface area (Å²) in [4.78, 5) is 6.43. The Kier molecular flexibility index (Phi) is 3.95. The van der Waals surface area contributed by atoms with Gasteiger partial charge in [-0.05, 0) is 12.1 Å². The second kappa shape index (κ2) is 5.87. The first-order valence-electron chi connectivity index (χ1n) is 6.59. The number of imidazole rings is 1. The van der Waals surface area contributed by atoms with Gasteiger partial charge >= 0.3 is 0 Å². The van der Waals surface area contributed by atoms with E-state index >= 15 is 0 Å². The van der Waals surface area contributed by atoms with E-state index in [2.05, 4.69) is 16.5 Å². The number of para-hydroxylation sites is 2. The van der Waals surface area contributed by atoms with Crippen molar-refractivity contribution in [3.8, 4) is 0 Å². The van der Waals surface area contributed by atoms with E-state index in [0.717, 1.165) is 24.1 Å². The van der Waals surface area contributed by atoms with Crippen LogP contribution in [0, 0.1) is 0 Å². The zero-order chi connectivity index (χ0) is 13.9. The maximum Gasteiger partial charge on any atom is 0.147 e. The van der Waals surface area contributed by atoms with E-state index in [1.807, 2.05) is 24.3 Å². The summed E-state index contributed by atoms with van der Waals surface area (Å²) < 4.78 is 19.9. The van der Waals surface area contributed by atoms with Crippen molar-refractivity contribution in [1.82, 2.24) is 13.9 Å². The highest BCUT2D eigenvalue weighted by atomic mass is 32.2. The Morgan fingerprint density at radius 3 is 2.85 bits per heavy atom. The highest BCUT2D eigenvalue weighted by molar-refractivity contribution is 7.84. The number of aromatic nitrogens is 2. The summed E-state index contributed by atoms with van der Waals surface area (Å²) in [7, 11) is -1.26. The van der Waals surface area contributed by atoms with Gasteiger partial charge in [-0.15, -0.1) is 6.58 Å². The SMILES string of the molecule is C=CC(N1CCOCC1)S(=O)n1cnc2ccccc21. The van der Waals surface area contributed by atoms with Crippen molar-refractivity contribution in [2.75, 3.05) is 26.3 Å². The number of fused-ring (bicyclic) bond motifs is 1. The second-order valence-corrected chi connectivity index (χ2v) is 6.04. The maximum absolute atomic E-state index is 12.8. The van der Waals surface area contributed by atoms with Gasteiger partial charge in [-0.25, -0.2) is 13.2 Å². The molecule has 0 aliphatic carbocycles. The van der Waals surface area contributed by atoms with E-state index in [1.165, 1.54) is 0 Å². The molecule has 2 heterocycles. The molecule has 0 bridgehead atoms. The number of hydrogen-bond donors (Lipinski definition) is 0. The Hall–Kier alpha value is -1.50. The van der Waals surface area contributed by atoms with Crippen molar-refractivity contribution < 1.29 is 8.95 Å². The van der Waals surface area contributed by atoms with E-state index in [1.54, 1.807) is 16.4 Å². The van der Waals surface area contributed by atoms with Gasteiger partial charge in [-0.1, -0.05) is 18.2 Å². The molecular weight excluding hydrogens is 274 g/mol. The molecule has 0 amide bonds. The van der Waals surface area contributed by atoms with Crippen molar-refractivity contribution in [2.45, 2.75) is 5.37 Å². The standard InChI is InChI=1S/C14H17N3O2S/c1-2-14(16-7-9-19-10-8-16)20(18)17-11-15-12-5-3-4-6-13(12)17/h2-6,11,14H,1,7-10H2. The lowest BCUT2D eigenvalue weighted by Crippen LogP contribution is -2.45. The largest absolute Gasteiger partial charge is 0.379 e. The molecule has 1 saturated heterocycles. The molecule has 20 heavy (non-hydrogen) atoms. The molecule has 2 atom stereocenters.